The molecule has 12 heavy (non-hydrogen) atoms. The summed E-state index contributed by atoms with van der Waals surface area (Å²) >= 11 is 0. The van der Waals surface area contributed by atoms with Crippen molar-refractivity contribution in [2.45, 2.75) is 45.4 Å². The van der Waals surface area contributed by atoms with Gasteiger partial charge in [-0.3, -0.25) is 0 Å². The molecular formula is C11H23N. The van der Waals surface area contributed by atoms with Gasteiger partial charge in [-0.1, -0.05) is 39.0 Å². The predicted octanol–water partition coefficient (Wildman–Crippen LogP) is 2.81. The van der Waals surface area contributed by atoms with Gasteiger partial charge in [0.15, 0.2) is 0 Å². The van der Waals surface area contributed by atoms with Crippen molar-refractivity contribution in [1.29, 1.82) is 0 Å². The Balaban J connectivity index is 2.09. The van der Waals surface area contributed by atoms with Crippen LogP contribution in [0.3, 0.4) is 0 Å². The average Bonchev–Trinajstić information content (AvgIpc) is 2.15. The lowest BCUT2D eigenvalue weighted by Crippen LogP contribution is -2.18. The Hall–Kier alpha value is -0.0400. The summed E-state index contributed by atoms with van der Waals surface area (Å²) in [5.74, 6) is 2.08. The third kappa shape index (κ3) is 3.14. The van der Waals surface area contributed by atoms with E-state index < -0.39 is 0 Å². The van der Waals surface area contributed by atoms with Crippen LogP contribution >= 0.6 is 0 Å². The molecule has 1 aliphatic carbocycles. The monoisotopic (exact) mass is 169 g/mol. The van der Waals surface area contributed by atoms with Crippen molar-refractivity contribution >= 4 is 0 Å². The minimum absolute atomic E-state index is 1.03. The van der Waals surface area contributed by atoms with Crippen LogP contribution in [0.15, 0.2) is 0 Å². The van der Waals surface area contributed by atoms with Crippen molar-refractivity contribution in [2.75, 3.05) is 13.6 Å². The molecule has 0 aromatic rings. The lowest BCUT2D eigenvalue weighted by Gasteiger charge is -2.27. The molecule has 0 spiro atoms. The Morgan fingerprint density at radius 3 is 2.17 bits per heavy atom. The fourth-order valence-corrected chi connectivity index (χ4v) is 2.28. The van der Waals surface area contributed by atoms with Crippen molar-refractivity contribution in [3.63, 3.8) is 0 Å². The van der Waals surface area contributed by atoms with Crippen molar-refractivity contribution < 1.29 is 0 Å². The van der Waals surface area contributed by atoms with Gasteiger partial charge >= 0.3 is 0 Å². The van der Waals surface area contributed by atoms with Gasteiger partial charge < -0.3 is 5.32 Å². The van der Waals surface area contributed by atoms with E-state index in [-0.39, 0.29) is 0 Å². The summed E-state index contributed by atoms with van der Waals surface area (Å²) in [6, 6.07) is 0. The lowest BCUT2D eigenvalue weighted by atomic mass is 9.79. The van der Waals surface area contributed by atoms with Crippen LogP contribution in [0.2, 0.25) is 0 Å². The summed E-state index contributed by atoms with van der Waals surface area (Å²) < 4.78 is 0. The third-order valence-electron chi connectivity index (χ3n) is 3.35. The number of rotatable bonds is 4. The van der Waals surface area contributed by atoms with Crippen LogP contribution in [-0.2, 0) is 0 Å². The lowest BCUT2D eigenvalue weighted by molar-refractivity contribution is 0.258. The first-order valence-corrected chi connectivity index (χ1v) is 5.51. The Morgan fingerprint density at radius 2 is 1.67 bits per heavy atom. The summed E-state index contributed by atoms with van der Waals surface area (Å²) in [5.41, 5.74) is 0. The molecule has 1 aliphatic rings. The summed E-state index contributed by atoms with van der Waals surface area (Å²) in [7, 11) is 2.05. The molecule has 1 rings (SSSR count). The van der Waals surface area contributed by atoms with E-state index in [4.69, 9.17) is 0 Å². The Morgan fingerprint density at radius 1 is 1.08 bits per heavy atom. The molecular weight excluding hydrogens is 146 g/mol. The second-order valence-electron chi connectivity index (χ2n) is 4.19. The highest BCUT2D eigenvalue weighted by Gasteiger charge is 2.18. The van der Waals surface area contributed by atoms with E-state index in [0.717, 1.165) is 11.8 Å². The molecule has 1 heteroatoms. The van der Waals surface area contributed by atoms with Crippen LogP contribution < -0.4 is 5.32 Å². The second kappa shape index (κ2) is 5.58. The summed E-state index contributed by atoms with van der Waals surface area (Å²) in [6.45, 7) is 3.54. The second-order valence-corrected chi connectivity index (χ2v) is 4.19. The summed E-state index contributed by atoms with van der Waals surface area (Å²) in [5, 5.41) is 3.24. The first kappa shape index (κ1) is 10.0. The molecule has 0 aromatic heterocycles. The molecule has 0 bridgehead atoms. The van der Waals surface area contributed by atoms with Gasteiger partial charge in [-0.15, -0.1) is 0 Å². The van der Waals surface area contributed by atoms with Gasteiger partial charge in [0.25, 0.3) is 0 Å². The smallest absolute Gasteiger partial charge is 0.00493 e. The van der Waals surface area contributed by atoms with E-state index in [1.807, 2.05) is 0 Å². The largest absolute Gasteiger partial charge is 0.320 e. The molecule has 0 saturated heterocycles. The Labute approximate surface area is 76.9 Å². The number of hydrogen-bond donors (Lipinski definition) is 1. The Kier molecular flexibility index (Phi) is 4.67. The third-order valence-corrected chi connectivity index (χ3v) is 3.35. The maximum absolute atomic E-state index is 3.24. The quantitative estimate of drug-likeness (QED) is 0.682. The van der Waals surface area contributed by atoms with E-state index in [0.29, 0.717) is 0 Å². The van der Waals surface area contributed by atoms with Crippen LogP contribution in [0.5, 0.6) is 0 Å². The highest BCUT2D eigenvalue weighted by atomic mass is 14.8. The molecule has 1 nitrogen and oxygen atoms in total. The minimum Gasteiger partial charge on any atom is -0.320 e. The predicted molar refractivity (Wildman–Crippen MR) is 54.3 cm³/mol. The van der Waals surface area contributed by atoms with E-state index in [2.05, 4.69) is 19.3 Å². The van der Waals surface area contributed by atoms with Gasteiger partial charge in [-0.25, -0.2) is 0 Å². The molecule has 72 valence electrons. The zero-order valence-electron chi connectivity index (χ0n) is 8.60. The summed E-state index contributed by atoms with van der Waals surface area (Å²) in [6.07, 6.45) is 8.75. The number of nitrogens with one attached hydrogen (secondary N) is 1. The highest BCUT2D eigenvalue weighted by Crippen LogP contribution is 2.31. The SMILES string of the molecule is CCC1CCC(CCNC)CC1. The summed E-state index contributed by atoms with van der Waals surface area (Å²) in [4.78, 5) is 0. The first-order chi connectivity index (χ1) is 5.86. The van der Waals surface area contributed by atoms with Crippen LogP contribution in [0, 0.1) is 11.8 Å². The van der Waals surface area contributed by atoms with Crippen molar-refractivity contribution in [1.82, 2.24) is 5.32 Å². The fraction of sp³-hybridized carbons (Fsp3) is 1.00. The molecule has 1 fully saturated rings. The van der Waals surface area contributed by atoms with Crippen molar-refractivity contribution in [2.24, 2.45) is 11.8 Å². The molecule has 1 saturated carbocycles. The van der Waals surface area contributed by atoms with Gasteiger partial charge in [-0.2, -0.15) is 0 Å². The zero-order chi connectivity index (χ0) is 8.81. The molecule has 0 atom stereocenters. The minimum atomic E-state index is 1.03. The van der Waals surface area contributed by atoms with Gasteiger partial charge in [0.05, 0.1) is 0 Å². The Bertz CT molecular complexity index is 104. The van der Waals surface area contributed by atoms with Gasteiger partial charge in [0.1, 0.15) is 0 Å². The topological polar surface area (TPSA) is 12.0 Å². The van der Waals surface area contributed by atoms with E-state index in [1.54, 1.807) is 0 Å². The first-order valence-electron chi connectivity index (χ1n) is 5.51. The molecule has 1 N–H and O–H groups in total. The molecule has 0 amide bonds. The van der Waals surface area contributed by atoms with Crippen LogP contribution in [0.4, 0.5) is 0 Å². The molecule has 0 heterocycles. The van der Waals surface area contributed by atoms with Crippen LogP contribution in [0.1, 0.15) is 45.4 Å². The van der Waals surface area contributed by atoms with E-state index >= 15 is 0 Å². The molecule has 0 unspecified atom stereocenters. The standard InChI is InChI=1S/C11H23N/c1-3-10-4-6-11(7-5-10)8-9-12-2/h10-12H,3-9H2,1-2H3. The average molecular weight is 169 g/mol. The normalized spacial score (nSPS) is 30.5. The molecule has 0 aliphatic heterocycles. The molecule has 0 aromatic carbocycles. The maximum Gasteiger partial charge on any atom is -0.00493 e. The van der Waals surface area contributed by atoms with Gasteiger partial charge in [0, 0.05) is 0 Å². The van der Waals surface area contributed by atoms with Crippen molar-refractivity contribution in [3.05, 3.63) is 0 Å². The zero-order valence-corrected chi connectivity index (χ0v) is 8.60. The van der Waals surface area contributed by atoms with Crippen LogP contribution in [-0.4, -0.2) is 13.6 Å². The number of hydrogen-bond acceptors (Lipinski definition) is 1. The fourth-order valence-electron chi connectivity index (χ4n) is 2.28. The molecule has 0 radical (unpaired) electrons. The van der Waals surface area contributed by atoms with Crippen molar-refractivity contribution in [3.8, 4) is 0 Å². The van der Waals surface area contributed by atoms with Crippen LogP contribution in [0.25, 0.3) is 0 Å². The van der Waals surface area contributed by atoms with Gasteiger partial charge in [-0.05, 0) is 31.8 Å². The van der Waals surface area contributed by atoms with E-state index in [1.165, 1.54) is 45.1 Å². The van der Waals surface area contributed by atoms with E-state index in [9.17, 15) is 0 Å². The highest BCUT2D eigenvalue weighted by molar-refractivity contribution is 4.71. The van der Waals surface area contributed by atoms with Gasteiger partial charge in [0.2, 0.25) is 0 Å². The maximum atomic E-state index is 3.24.